The second-order valence-corrected chi connectivity index (χ2v) is 6.60. The van der Waals surface area contributed by atoms with Crippen molar-refractivity contribution >= 4 is 11.3 Å². The highest BCUT2D eigenvalue weighted by Crippen LogP contribution is 2.41. The molecule has 0 saturated heterocycles. The van der Waals surface area contributed by atoms with E-state index in [1.807, 2.05) is 0 Å². The van der Waals surface area contributed by atoms with E-state index in [1.165, 1.54) is 36.4 Å². The molecule has 1 unspecified atom stereocenters. The molecule has 0 aromatic carbocycles. The van der Waals surface area contributed by atoms with E-state index in [9.17, 15) is 0 Å². The van der Waals surface area contributed by atoms with Gasteiger partial charge in [0.25, 0.3) is 0 Å². The number of likely N-dealkylation sites (N-methyl/N-ethyl adjacent to an activating group) is 1. The summed E-state index contributed by atoms with van der Waals surface area (Å²) in [5.74, 6) is 0. The second kappa shape index (κ2) is 5.49. The molecule has 96 valence electrons. The Labute approximate surface area is 109 Å². The van der Waals surface area contributed by atoms with Crippen LogP contribution in [-0.4, -0.2) is 17.6 Å². The van der Waals surface area contributed by atoms with Crippen LogP contribution in [0.1, 0.15) is 50.2 Å². The fraction of sp³-hybridized carbons (Fsp3) is 0.786. The Morgan fingerprint density at radius 1 is 1.47 bits per heavy atom. The molecule has 1 aromatic heterocycles. The summed E-state index contributed by atoms with van der Waals surface area (Å²) in [6.07, 6.45) is 6.62. The summed E-state index contributed by atoms with van der Waals surface area (Å²) in [7, 11) is 0. The van der Waals surface area contributed by atoms with Gasteiger partial charge < -0.3 is 5.32 Å². The Kier molecular flexibility index (Phi) is 4.21. The fourth-order valence-electron chi connectivity index (χ4n) is 3.05. The molecule has 0 radical (unpaired) electrons. The van der Waals surface area contributed by atoms with Crippen LogP contribution in [0.25, 0.3) is 0 Å². The minimum atomic E-state index is 0.480. The van der Waals surface area contributed by atoms with Crippen LogP contribution in [0.15, 0.2) is 5.38 Å². The van der Waals surface area contributed by atoms with Crippen LogP contribution in [0.2, 0.25) is 0 Å². The zero-order valence-electron chi connectivity index (χ0n) is 11.3. The van der Waals surface area contributed by atoms with Crippen molar-refractivity contribution in [3.8, 4) is 0 Å². The van der Waals surface area contributed by atoms with E-state index in [2.05, 4.69) is 36.5 Å². The molecule has 1 N–H and O–H groups in total. The lowest BCUT2D eigenvalue weighted by Gasteiger charge is -2.34. The highest BCUT2D eigenvalue weighted by Gasteiger charge is 2.36. The van der Waals surface area contributed by atoms with Crippen LogP contribution < -0.4 is 5.32 Å². The van der Waals surface area contributed by atoms with Crippen molar-refractivity contribution < 1.29 is 0 Å². The normalized spacial score (nSPS) is 20.6. The number of nitrogens with one attached hydrogen (secondary N) is 1. The summed E-state index contributed by atoms with van der Waals surface area (Å²) in [6.45, 7) is 7.81. The molecule has 2 nitrogen and oxygen atoms in total. The van der Waals surface area contributed by atoms with Gasteiger partial charge in [0.05, 0.1) is 10.7 Å². The first-order valence-electron chi connectivity index (χ1n) is 6.78. The van der Waals surface area contributed by atoms with Crippen LogP contribution in [0.3, 0.4) is 0 Å². The summed E-state index contributed by atoms with van der Waals surface area (Å²) in [5.41, 5.74) is 1.75. The molecule has 1 saturated carbocycles. The number of aromatic nitrogens is 1. The highest BCUT2D eigenvalue weighted by atomic mass is 32.1. The van der Waals surface area contributed by atoms with Gasteiger partial charge in [0.2, 0.25) is 0 Å². The minimum absolute atomic E-state index is 0.480. The van der Waals surface area contributed by atoms with Crippen molar-refractivity contribution in [2.24, 2.45) is 5.41 Å². The topological polar surface area (TPSA) is 24.9 Å². The van der Waals surface area contributed by atoms with Crippen molar-refractivity contribution in [1.82, 2.24) is 10.3 Å². The van der Waals surface area contributed by atoms with E-state index >= 15 is 0 Å². The average molecular weight is 252 g/mol. The Balaban J connectivity index is 2.06. The van der Waals surface area contributed by atoms with E-state index < -0.39 is 0 Å². The zero-order chi connectivity index (χ0) is 12.3. The first kappa shape index (κ1) is 13.0. The second-order valence-electron chi connectivity index (χ2n) is 5.53. The van der Waals surface area contributed by atoms with Gasteiger partial charge >= 0.3 is 0 Å². The third-order valence-electron chi connectivity index (χ3n) is 4.12. The van der Waals surface area contributed by atoms with Crippen molar-refractivity contribution in [2.45, 2.75) is 58.9 Å². The van der Waals surface area contributed by atoms with Gasteiger partial charge in [-0.1, -0.05) is 26.7 Å². The van der Waals surface area contributed by atoms with Crippen molar-refractivity contribution in [3.05, 3.63) is 16.1 Å². The van der Waals surface area contributed by atoms with Gasteiger partial charge in [-0.05, 0) is 31.7 Å². The predicted octanol–water partition coefficient (Wildman–Crippen LogP) is 3.55. The molecule has 1 heterocycles. The van der Waals surface area contributed by atoms with E-state index in [1.54, 1.807) is 11.3 Å². The van der Waals surface area contributed by atoms with Crippen molar-refractivity contribution in [3.63, 3.8) is 0 Å². The quantitative estimate of drug-likeness (QED) is 0.867. The van der Waals surface area contributed by atoms with Gasteiger partial charge in [0, 0.05) is 17.8 Å². The molecule has 3 heteroatoms. The lowest BCUT2D eigenvalue weighted by molar-refractivity contribution is 0.221. The minimum Gasteiger partial charge on any atom is -0.313 e. The van der Waals surface area contributed by atoms with E-state index in [0.29, 0.717) is 11.5 Å². The Bertz CT molecular complexity index is 353. The first-order chi connectivity index (χ1) is 8.14. The fourth-order valence-corrected chi connectivity index (χ4v) is 3.68. The Morgan fingerprint density at radius 3 is 2.71 bits per heavy atom. The first-order valence-corrected chi connectivity index (χ1v) is 7.66. The SMILES string of the molecule is CCNC(Cc1csc(C)n1)C1(C)CCCC1. The maximum atomic E-state index is 4.61. The van der Waals surface area contributed by atoms with Crippen LogP contribution in [0.5, 0.6) is 0 Å². The van der Waals surface area contributed by atoms with Crippen LogP contribution >= 0.6 is 11.3 Å². The largest absolute Gasteiger partial charge is 0.313 e. The molecular formula is C14H24N2S. The van der Waals surface area contributed by atoms with Crippen LogP contribution in [0.4, 0.5) is 0 Å². The summed E-state index contributed by atoms with van der Waals surface area (Å²) < 4.78 is 0. The molecule has 17 heavy (non-hydrogen) atoms. The molecular weight excluding hydrogens is 228 g/mol. The summed E-state index contributed by atoms with van der Waals surface area (Å²) >= 11 is 1.77. The lowest BCUT2D eigenvalue weighted by Crippen LogP contribution is -2.43. The average Bonchev–Trinajstić information content (AvgIpc) is 2.88. The smallest absolute Gasteiger partial charge is 0.0897 e. The summed E-state index contributed by atoms with van der Waals surface area (Å²) in [4.78, 5) is 4.61. The Morgan fingerprint density at radius 2 is 2.18 bits per heavy atom. The number of aryl methyl sites for hydroxylation is 1. The predicted molar refractivity (Wildman–Crippen MR) is 74.6 cm³/mol. The van der Waals surface area contributed by atoms with Gasteiger partial charge in [-0.2, -0.15) is 0 Å². The number of rotatable bonds is 5. The van der Waals surface area contributed by atoms with Crippen LogP contribution in [0, 0.1) is 12.3 Å². The molecule has 0 spiro atoms. The van der Waals surface area contributed by atoms with Crippen molar-refractivity contribution in [1.29, 1.82) is 0 Å². The molecule has 1 aromatic rings. The third kappa shape index (κ3) is 3.08. The van der Waals surface area contributed by atoms with Gasteiger partial charge in [-0.3, -0.25) is 0 Å². The lowest BCUT2D eigenvalue weighted by atomic mass is 9.78. The van der Waals surface area contributed by atoms with Gasteiger partial charge in [-0.25, -0.2) is 4.98 Å². The number of nitrogens with zero attached hydrogens (tertiary/aromatic N) is 1. The molecule has 0 amide bonds. The number of hydrogen-bond donors (Lipinski definition) is 1. The summed E-state index contributed by atoms with van der Waals surface area (Å²) in [5, 5.41) is 7.09. The van der Waals surface area contributed by atoms with Crippen molar-refractivity contribution in [2.75, 3.05) is 6.54 Å². The standard InChI is InChI=1S/C14H24N2S/c1-4-15-13(14(3)7-5-6-8-14)9-12-10-17-11(2)16-12/h10,13,15H,4-9H2,1-3H3. The van der Waals surface area contributed by atoms with Gasteiger partial charge in [-0.15, -0.1) is 11.3 Å². The zero-order valence-corrected chi connectivity index (χ0v) is 12.1. The number of hydrogen-bond acceptors (Lipinski definition) is 3. The molecule has 1 aliphatic rings. The maximum absolute atomic E-state index is 4.61. The molecule has 2 rings (SSSR count). The Hall–Kier alpha value is -0.410. The molecule has 0 bridgehead atoms. The van der Waals surface area contributed by atoms with Crippen LogP contribution in [-0.2, 0) is 6.42 Å². The third-order valence-corrected chi connectivity index (χ3v) is 4.94. The number of thiazole rings is 1. The molecule has 1 aliphatic carbocycles. The van der Waals surface area contributed by atoms with E-state index in [0.717, 1.165) is 13.0 Å². The maximum Gasteiger partial charge on any atom is 0.0897 e. The monoisotopic (exact) mass is 252 g/mol. The molecule has 1 fully saturated rings. The van der Waals surface area contributed by atoms with E-state index in [4.69, 9.17) is 0 Å². The molecule has 1 atom stereocenters. The van der Waals surface area contributed by atoms with Gasteiger partial charge in [0.15, 0.2) is 0 Å². The van der Waals surface area contributed by atoms with E-state index in [-0.39, 0.29) is 0 Å². The van der Waals surface area contributed by atoms with Gasteiger partial charge in [0.1, 0.15) is 0 Å². The highest BCUT2D eigenvalue weighted by molar-refractivity contribution is 7.09. The summed E-state index contributed by atoms with van der Waals surface area (Å²) in [6, 6.07) is 0.594. The molecule has 0 aliphatic heterocycles.